The number of rotatable bonds is 5. The van der Waals surface area contributed by atoms with E-state index in [0.29, 0.717) is 17.9 Å². The second-order valence-electron chi connectivity index (χ2n) is 5.73. The van der Waals surface area contributed by atoms with Gasteiger partial charge in [-0.3, -0.25) is 0 Å². The maximum absolute atomic E-state index is 12.3. The van der Waals surface area contributed by atoms with Crippen LogP contribution in [-0.2, 0) is 0 Å². The third-order valence-corrected chi connectivity index (χ3v) is 4.01. The average molecular weight is 398 g/mol. The van der Waals surface area contributed by atoms with Crippen molar-refractivity contribution in [3.63, 3.8) is 0 Å². The van der Waals surface area contributed by atoms with Crippen LogP contribution in [0.15, 0.2) is 60.7 Å². The van der Waals surface area contributed by atoms with Crippen molar-refractivity contribution in [3.05, 3.63) is 71.8 Å². The monoisotopic (exact) mass is 397 g/mol. The molecule has 27 heavy (non-hydrogen) atoms. The molecule has 3 nitrogen and oxygen atoms in total. The number of ether oxygens (including phenoxy) is 2. The fourth-order valence-electron chi connectivity index (χ4n) is 2.92. The predicted molar refractivity (Wildman–Crippen MR) is 102 cm³/mol. The largest absolute Gasteiger partial charge is 0.573 e. The summed E-state index contributed by atoms with van der Waals surface area (Å²) in [5.74, 6) is 0.380. The quantitative estimate of drug-likeness (QED) is 0.608. The molecule has 0 aliphatic heterocycles. The molecule has 2 N–H and O–H groups in total. The highest BCUT2D eigenvalue weighted by Crippen LogP contribution is 2.36. The maximum Gasteiger partial charge on any atom is 0.573 e. The highest BCUT2D eigenvalue weighted by molar-refractivity contribution is 5.88. The third kappa shape index (κ3) is 4.84. The van der Waals surface area contributed by atoms with Gasteiger partial charge in [0, 0.05) is 5.56 Å². The molecule has 0 unspecified atom stereocenters. The molecule has 7 heteroatoms. The molecule has 0 spiro atoms. The number of hydrogen-bond donors (Lipinski definition) is 1. The summed E-state index contributed by atoms with van der Waals surface area (Å²) in [7, 11) is 0. The summed E-state index contributed by atoms with van der Waals surface area (Å²) in [5, 5.41) is 1.96. The van der Waals surface area contributed by atoms with Crippen LogP contribution in [0.3, 0.4) is 0 Å². The van der Waals surface area contributed by atoms with E-state index in [9.17, 15) is 13.2 Å². The minimum atomic E-state index is -4.72. The molecule has 1 atom stereocenters. The van der Waals surface area contributed by atoms with Gasteiger partial charge >= 0.3 is 6.36 Å². The third-order valence-electron chi connectivity index (χ3n) is 4.01. The van der Waals surface area contributed by atoms with Crippen LogP contribution in [0.25, 0.3) is 10.8 Å². The van der Waals surface area contributed by atoms with E-state index in [1.54, 1.807) is 0 Å². The Balaban J connectivity index is 0.00000261. The first-order valence-electron chi connectivity index (χ1n) is 8.15. The minimum Gasteiger partial charge on any atom is -0.493 e. The first kappa shape index (κ1) is 20.9. The number of alkyl halides is 3. The zero-order chi connectivity index (χ0) is 18.7. The van der Waals surface area contributed by atoms with Crippen LogP contribution in [0.5, 0.6) is 11.5 Å². The van der Waals surface area contributed by atoms with Gasteiger partial charge in [-0.2, -0.15) is 0 Å². The summed E-state index contributed by atoms with van der Waals surface area (Å²) in [6.07, 6.45) is -4.72. The van der Waals surface area contributed by atoms with E-state index in [2.05, 4.69) is 4.74 Å². The van der Waals surface area contributed by atoms with Crippen LogP contribution in [0.2, 0.25) is 0 Å². The van der Waals surface area contributed by atoms with Crippen LogP contribution in [-0.4, -0.2) is 13.0 Å². The average Bonchev–Trinajstić information content (AvgIpc) is 2.60. The summed E-state index contributed by atoms with van der Waals surface area (Å²) in [5.41, 5.74) is 7.91. The standard InChI is InChI=1S/C20H18F3NO2.ClH/c1-2-25-17-12-9-13-5-3-4-6-16(13)18(17)19(24)14-7-10-15(11-8-14)26-20(21,22)23;/h3-12,19H,2,24H2,1H3;1H/t19-;/m1./s1. The fourth-order valence-corrected chi connectivity index (χ4v) is 2.92. The molecule has 0 fully saturated rings. The van der Waals surface area contributed by atoms with E-state index in [4.69, 9.17) is 10.5 Å². The van der Waals surface area contributed by atoms with Gasteiger partial charge in [0.2, 0.25) is 0 Å². The van der Waals surface area contributed by atoms with Crippen molar-refractivity contribution >= 4 is 23.2 Å². The molecule has 0 saturated carbocycles. The highest BCUT2D eigenvalue weighted by Gasteiger charge is 2.31. The van der Waals surface area contributed by atoms with Crippen LogP contribution in [0, 0.1) is 0 Å². The van der Waals surface area contributed by atoms with E-state index in [1.165, 1.54) is 24.3 Å². The lowest BCUT2D eigenvalue weighted by Crippen LogP contribution is -2.17. The van der Waals surface area contributed by atoms with E-state index in [1.807, 2.05) is 43.3 Å². The van der Waals surface area contributed by atoms with Crippen molar-refractivity contribution in [3.8, 4) is 11.5 Å². The lowest BCUT2D eigenvalue weighted by molar-refractivity contribution is -0.274. The second kappa shape index (κ2) is 8.50. The molecule has 0 amide bonds. The van der Waals surface area contributed by atoms with Crippen LogP contribution in [0.4, 0.5) is 13.2 Å². The van der Waals surface area contributed by atoms with Crippen LogP contribution in [0.1, 0.15) is 24.1 Å². The Bertz CT molecular complexity index is 898. The van der Waals surface area contributed by atoms with E-state index in [-0.39, 0.29) is 18.2 Å². The lowest BCUT2D eigenvalue weighted by Gasteiger charge is -2.20. The summed E-state index contributed by atoms with van der Waals surface area (Å²) in [6.45, 7) is 2.37. The van der Waals surface area contributed by atoms with Crippen molar-refractivity contribution < 1.29 is 22.6 Å². The number of hydrogen-bond acceptors (Lipinski definition) is 3. The van der Waals surface area contributed by atoms with Gasteiger partial charge in [0.1, 0.15) is 11.5 Å². The van der Waals surface area contributed by atoms with Crippen molar-refractivity contribution in [1.82, 2.24) is 0 Å². The minimum absolute atomic E-state index is 0. The Labute approximate surface area is 161 Å². The van der Waals surface area contributed by atoms with Crippen molar-refractivity contribution in [2.45, 2.75) is 19.3 Å². The molecule has 3 aromatic rings. The van der Waals surface area contributed by atoms with Crippen molar-refractivity contribution in [1.29, 1.82) is 0 Å². The normalized spacial score (nSPS) is 12.3. The molecule has 3 aromatic carbocycles. The highest BCUT2D eigenvalue weighted by atomic mass is 35.5. The lowest BCUT2D eigenvalue weighted by atomic mass is 9.93. The summed E-state index contributed by atoms with van der Waals surface area (Å²) in [6, 6.07) is 16.6. The summed E-state index contributed by atoms with van der Waals surface area (Å²) >= 11 is 0. The van der Waals surface area contributed by atoms with Crippen molar-refractivity contribution in [2.24, 2.45) is 5.73 Å². The molecule has 0 heterocycles. The zero-order valence-electron chi connectivity index (χ0n) is 14.5. The first-order valence-corrected chi connectivity index (χ1v) is 8.15. The van der Waals surface area contributed by atoms with E-state index in [0.717, 1.165) is 16.3 Å². The van der Waals surface area contributed by atoms with Crippen LogP contribution >= 0.6 is 12.4 Å². The molecular formula is C20H19ClF3NO2. The maximum atomic E-state index is 12.3. The zero-order valence-corrected chi connectivity index (χ0v) is 15.3. The van der Waals surface area contributed by atoms with Gasteiger partial charge in [0.05, 0.1) is 12.6 Å². The molecule has 3 rings (SSSR count). The van der Waals surface area contributed by atoms with Gasteiger partial charge in [-0.25, -0.2) is 0 Å². The van der Waals surface area contributed by atoms with Gasteiger partial charge in [-0.15, -0.1) is 25.6 Å². The molecular weight excluding hydrogens is 379 g/mol. The van der Waals surface area contributed by atoms with Gasteiger partial charge in [0.25, 0.3) is 0 Å². The number of halogens is 4. The fraction of sp³-hybridized carbons (Fsp3) is 0.200. The molecule has 0 radical (unpaired) electrons. The van der Waals surface area contributed by atoms with Gasteiger partial charge < -0.3 is 15.2 Å². The second-order valence-corrected chi connectivity index (χ2v) is 5.73. The number of nitrogens with two attached hydrogens (primary N) is 1. The molecule has 0 aliphatic rings. The predicted octanol–water partition coefficient (Wildman–Crippen LogP) is 5.61. The van der Waals surface area contributed by atoms with E-state index < -0.39 is 12.4 Å². The molecule has 0 aromatic heterocycles. The van der Waals surface area contributed by atoms with Gasteiger partial charge in [-0.1, -0.05) is 42.5 Å². The molecule has 0 saturated heterocycles. The Morgan fingerprint density at radius 3 is 2.26 bits per heavy atom. The Morgan fingerprint density at radius 1 is 0.963 bits per heavy atom. The number of benzene rings is 3. The van der Waals surface area contributed by atoms with Crippen molar-refractivity contribution in [2.75, 3.05) is 6.61 Å². The van der Waals surface area contributed by atoms with Crippen LogP contribution < -0.4 is 15.2 Å². The number of fused-ring (bicyclic) bond motifs is 1. The Kier molecular flexibility index (Phi) is 6.57. The molecule has 0 aliphatic carbocycles. The molecule has 0 bridgehead atoms. The van der Waals surface area contributed by atoms with Gasteiger partial charge in [-0.05, 0) is 41.5 Å². The SMILES string of the molecule is CCOc1ccc2ccccc2c1[C@H](N)c1ccc(OC(F)(F)F)cc1.Cl. The topological polar surface area (TPSA) is 44.5 Å². The molecule has 144 valence electrons. The summed E-state index contributed by atoms with van der Waals surface area (Å²) < 4.78 is 46.6. The Hall–Kier alpha value is -2.44. The summed E-state index contributed by atoms with van der Waals surface area (Å²) in [4.78, 5) is 0. The smallest absolute Gasteiger partial charge is 0.493 e. The van der Waals surface area contributed by atoms with E-state index >= 15 is 0 Å². The Morgan fingerprint density at radius 2 is 1.63 bits per heavy atom. The first-order chi connectivity index (χ1) is 12.4. The van der Waals surface area contributed by atoms with Gasteiger partial charge in [0.15, 0.2) is 0 Å².